The van der Waals surface area contributed by atoms with Crippen LogP contribution in [0.15, 0.2) is 114 Å². The molecule has 0 unspecified atom stereocenters. The zero-order chi connectivity index (χ0) is 25.1. The van der Waals surface area contributed by atoms with Crippen molar-refractivity contribution in [3.8, 4) is 0 Å². The van der Waals surface area contributed by atoms with Gasteiger partial charge in [0.05, 0.1) is 10.7 Å². The fourth-order valence-electron chi connectivity index (χ4n) is 3.78. The van der Waals surface area contributed by atoms with Gasteiger partial charge < -0.3 is 5.32 Å². The third-order valence-corrected chi connectivity index (χ3v) is 5.85. The Morgan fingerprint density at radius 3 is 2.22 bits per heavy atom. The summed E-state index contributed by atoms with van der Waals surface area (Å²) in [7, 11) is 0. The lowest BCUT2D eigenvalue weighted by atomic mass is 10.1. The Balaban J connectivity index is 1.44. The summed E-state index contributed by atoms with van der Waals surface area (Å²) in [6.07, 6.45) is 1.75. The van der Waals surface area contributed by atoms with Crippen LogP contribution < -0.4 is 10.2 Å². The first-order valence-corrected chi connectivity index (χ1v) is 11.5. The van der Waals surface area contributed by atoms with Gasteiger partial charge in [0.15, 0.2) is 0 Å². The Labute approximate surface area is 212 Å². The van der Waals surface area contributed by atoms with E-state index in [-0.39, 0.29) is 10.9 Å². The molecule has 4 aromatic rings. The summed E-state index contributed by atoms with van der Waals surface area (Å²) in [5, 5.41) is 2.61. The number of amidine groups is 1. The van der Waals surface area contributed by atoms with Crippen LogP contribution in [0.2, 0.25) is 5.02 Å². The van der Waals surface area contributed by atoms with Gasteiger partial charge in [-0.25, -0.2) is 9.38 Å². The van der Waals surface area contributed by atoms with E-state index >= 15 is 0 Å². The molecule has 5 nitrogen and oxygen atoms in total. The number of halogens is 2. The van der Waals surface area contributed by atoms with Crippen LogP contribution in [0.3, 0.4) is 0 Å². The molecule has 0 aromatic heterocycles. The first-order valence-electron chi connectivity index (χ1n) is 11.1. The average Bonchev–Trinajstić information content (AvgIpc) is 3.23. The molecule has 36 heavy (non-hydrogen) atoms. The Kier molecular flexibility index (Phi) is 6.43. The largest absolute Gasteiger partial charge is 0.322 e. The molecule has 1 aliphatic rings. The van der Waals surface area contributed by atoms with E-state index in [0.29, 0.717) is 28.5 Å². The topological polar surface area (TPSA) is 61.8 Å². The number of hydrogen-bond donors (Lipinski definition) is 1. The van der Waals surface area contributed by atoms with E-state index in [4.69, 9.17) is 11.6 Å². The first kappa shape index (κ1) is 23.2. The predicted octanol–water partition coefficient (Wildman–Crippen LogP) is 6.57. The molecule has 0 saturated carbocycles. The van der Waals surface area contributed by atoms with Crippen molar-refractivity contribution in [3.05, 3.63) is 136 Å². The maximum atomic E-state index is 13.4. The highest BCUT2D eigenvalue weighted by Crippen LogP contribution is 2.28. The first-order chi connectivity index (χ1) is 17.5. The third-order valence-electron chi connectivity index (χ3n) is 5.56. The Hall–Kier alpha value is -4.55. The summed E-state index contributed by atoms with van der Waals surface area (Å²) in [5.74, 6) is -0.721. The van der Waals surface area contributed by atoms with Crippen molar-refractivity contribution < 1.29 is 14.0 Å². The molecule has 1 N–H and O–H groups in total. The number of carbonyl (C=O) groups is 2. The highest BCUT2D eigenvalue weighted by atomic mass is 35.5. The smallest absolute Gasteiger partial charge is 0.282 e. The van der Waals surface area contributed by atoms with Gasteiger partial charge in [-0.05, 0) is 54.1 Å². The average molecular weight is 496 g/mol. The van der Waals surface area contributed by atoms with Crippen molar-refractivity contribution in [2.24, 2.45) is 4.99 Å². The van der Waals surface area contributed by atoms with Crippen molar-refractivity contribution in [2.45, 2.75) is 0 Å². The van der Waals surface area contributed by atoms with Crippen molar-refractivity contribution in [1.29, 1.82) is 0 Å². The van der Waals surface area contributed by atoms with Crippen molar-refractivity contribution in [2.75, 3.05) is 10.2 Å². The third kappa shape index (κ3) is 4.80. The minimum absolute atomic E-state index is 0.0808. The van der Waals surface area contributed by atoms with Crippen LogP contribution in [0, 0.1) is 5.82 Å². The Bertz CT molecular complexity index is 1500. The van der Waals surface area contributed by atoms with Crippen molar-refractivity contribution in [1.82, 2.24) is 0 Å². The lowest BCUT2D eigenvalue weighted by Gasteiger charge is -2.19. The number of nitrogens with zero attached hydrogens (tertiary/aromatic N) is 2. The Morgan fingerprint density at radius 1 is 0.889 bits per heavy atom. The molecule has 1 heterocycles. The van der Waals surface area contributed by atoms with Gasteiger partial charge in [-0.2, -0.15) is 0 Å². The van der Waals surface area contributed by atoms with E-state index < -0.39 is 11.7 Å². The van der Waals surface area contributed by atoms with E-state index in [1.54, 1.807) is 30.3 Å². The lowest BCUT2D eigenvalue weighted by Crippen LogP contribution is -2.32. The standard InChI is InChI=1S/C29H19ClFN3O2/c30-24-18-22(13-16-25(24)31)32-28(35)21-11-14-23(15-12-21)34-27(20-9-5-2-6-10-20)33-26(29(34)36)17-19-7-3-1-4-8-19/h1-18H,(H,32,35). The highest BCUT2D eigenvalue weighted by Gasteiger charge is 2.32. The van der Waals surface area contributed by atoms with Crippen LogP contribution in [0.25, 0.3) is 6.08 Å². The predicted molar refractivity (Wildman–Crippen MR) is 141 cm³/mol. The monoisotopic (exact) mass is 495 g/mol. The van der Waals surface area contributed by atoms with E-state index in [9.17, 15) is 14.0 Å². The van der Waals surface area contributed by atoms with E-state index in [1.165, 1.54) is 23.1 Å². The van der Waals surface area contributed by atoms with Crippen LogP contribution in [0.1, 0.15) is 21.5 Å². The normalized spacial score (nSPS) is 14.2. The molecule has 4 aromatic carbocycles. The van der Waals surface area contributed by atoms with Crippen molar-refractivity contribution in [3.63, 3.8) is 0 Å². The second kappa shape index (κ2) is 9.98. The molecule has 176 valence electrons. The zero-order valence-electron chi connectivity index (χ0n) is 18.9. The summed E-state index contributed by atoms with van der Waals surface area (Å²) in [4.78, 5) is 32.3. The minimum atomic E-state index is -0.564. The molecule has 1 aliphatic heterocycles. The molecule has 0 bridgehead atoms. The molecule has 0 atom stereocenters. The molecular weight excluding hydrogens is 477 g/mol. The zero-order valence-corrected chi connectivity index (χ0v) is 19.6. The van der Waals surface area contributed by atoms with Crippen LogP contribution in [-0.4, -0.2) is 17.6 Å². The maximum absolute atomic E-state index is 13.4. The molecule has 0 spiro atoms. The summed E-state index contributed by atoms with van der Waals surface area (Å²) in [5.41, 5.74) is 3.28. The molecule has 0 radical (unpaired) electrons. The second-order valence-electron chi connectivity index (χ2n) is 8.01. The quantitative estimate of drug-likeness (QED) is 0.318. The van der Waals surface area contributed by atoms with Gasteiger partial charge in [0, 0.05) is 16.8 Å². The molecule has 7 heteroatoms. The van der Waals surface area contributed by atoms with Crippen LogP contribution in [0.4, 0.5) is 15.8 Å². The molecule has 0 saturated heterocycles. The SMILES string of the molecule is O=C(Nc1ccc(F)c(Cl)c1)c1ccc(N2C(=O)C(=Cc3ccccc3)N=C2c2ccccc2)cc1. The molecule has 2 amide bonds. The van der Waals surface area contributed by atoms with Gasteiger partial charge in [0.2, 0.25) is 0 Å². The van der Waals surface area contributed by atoms with Gasteiger partial charge in [-0.3, -0.25) is 14.5 Å². The number of rotatable bonds is 5. The number of amides is 2. The lowest BCUT2D eigenvalue weighted by molar-refractivity contribution is -0.113. The number of hydrogen-bond acceptors (Lipinski definition) is 3. The molecule has 5 rings (SSSR count). The van der Waals surface area contributed by atoms with Gasteiger partial charge in [0.1, 0.15) is 17.3 Å². The number of benzene rings is 4. The van der Waals surface area contributed by atoms with Crippen LogP contribution in [-0.2, 0) is 4.79 Å². The highest BCUT2D eigenvalue weighted by molar-refractivity contribution is 6.33. The number of carbonyl (C=O) groups excluding carboxylic acids is 2. The van der Waals surface area contributed by atoms with Gasteiger partial charge in [-0.1, -0.05) is 72.3 Å². The fraction of sp³-hybridized carbons (Fsp3) is 0. The van der Waals surface area contributed by atoms with Crippen molar-refractivity contribution >= 4 is 46.7 Å². The summed E-state index contributed by atoms with van der Waals surface area (Å²) < 4.78 is 13.4. The van der Waals surface area contributed by atoms with Crippen LogP contribution >= 0.6 is 11.6 Å². The fourth-order valence-corrected chi connectivity index (χ4v) is 3.96. The van der Waals surface area contributed by atoms with E-state index in [2.05, 4.69) is 10.3 Å². The molecular formula is C29H19ClFN3O2. The van der Waals surface area contributed by atoms with E-state index in [0.717, 1.165) is 11.1 Å². The summed E-state index contributed by atoms with van der Waals surface area (Å²) in [6, 6.07) is 29.5. The molecule has 0 fully saturated rings. The maximum Gasteiger partial charge on any atom is 0.282 e. The van der Waals surface area contributed by atoms with Gasteiger partial charge in [-0.15, -0.1) is 0 Å². The van der Waals surface area contributed by atoms with E-state index in [1.807, 2.05) is 60.7 Å². The van der Waals surface area contributed by atoms with Gasteiger partial charge >= 0.3 is 0 Å². The number of aliphatic imine (C=N–C) groups is 1. The summed E-state index contributed by atoms with van der Waals surface area (Å²) >= 11 is 5.80. The van der Waals surface area contributed by atoms with Gasteiger partial charge in [0.25, 0.3) is 11.8 Å². The molecule has 0 aliphatic carbocycles. The number of nitrogens with one attached hydrogen (secondary N) is 1. The Morgan fingerprint density at radius 2 is 1.56 bits per heavy atom. The number of anilines is 2. The summed E-state index contributed by atoms with van der Waals surface area (Å²) in [6.45, 7) is 0. The second-order valence-corrected chi connectivity index (χ2v) is 8.42. The minimum Gasteiger partial charge on any atom is -0.322 e. The van der Waals surface area contributed by atoms with Crippen LogP contribution in [0.5, 0.6) is 0 Å².